The number of hydrogen-bond acceptors (Lipinski definition) is 7. The van der Waals surface area contributed by atoms with Crippen molar-refractivity contribution >= 4 is 28.7 Å². The molecule has 0 radical (unpaired) electrons. The second-order valence-corrected chi connectivity index (χ2v) is 6.41. The molecule has 1 fully saturated rings. The van der Waals surface area contributed by atoms with E-state index in [4.69, 9.17) is 0 Å². The largest absolute Gasteiger partial charge is 0.369 e. The zero-order chi connectivity index (χ0) is 20.3. The van der Waals surface area contributed by atoms with E-state index in [-0.39, 0.29) is 22.6 Å². The minimum Gasteiger partial charge on any atom is -0.369 e. The zero-order valence-corrected chi connectivity index (χ0v) is 15.2. The molecular weight excluding hydrogens is 366 g/mol. The van der Waals surface area contributed by atoms with Crippen LogP contribution in [0.4, 0.5) is 22.7 Å². The van der Waals surface area contributed by atoms with E-state index in [0.29, 0.717) is 11.3 Å². The van der Waals surface area contributed by atoms with Gasteiger partial charge in [-0.1, -0.05) is 6.07 Å². The Morgan fingerprint density at radius 3 is 2.43 bits per heavy atom. The lowest BCUT2D eigenvalue weighted by molar-refractivity contribution is -0.385. The van der Waals surface area contributed by atoms with Crippen molar-refractivity contribution in [3.8, 4) is 0 Å². The summed E-state index contributed by atoms with van der Waals surface area (Å²) in [4.78, 5) is 36.0. The number of carbonyl (C=O) groups excluding carboxylic acids is 1. The van der Waals surface area contributed by atoms with Crippen LogP contribution < -0.4 is 15.5 Å². The van der Waals surface area contributed by atoms with E-state index in [9.17, 15) is 25.0 Å². The third kappa shape index (κ3) is 4.07. The molecule has 1 amide bonds. The maximum atomic E-state index is 12.8. The molecule has 0 bridgehead atoms. The topological polar surface area (TPSA) is 131 Å². The smallest absolute Gasteiger partial charge is 0.282 e. The zero-order valence-electron chi connectivity index (χ0n) is 15.2. The van der Waals surface area contributed by atoms with Crippen molar-refractivity contribution in [1.82, 2.24) is 5.32 Å². The Morgan fingerprint density at radius 1 is 1.07 bits per heavy atom. The van der Waals surface area contributed by atoms with Gasteiger partial charge in [0.05, 0.1) is 15.5 Å². The van der Waals surface area contributed by atoms with Crippen LogP contribution in [0.1, 0.15) is 15.9 Å². The molecule has 2 N–H and O–H groups in total. The van der Waals surface area contributed by atoms with E-state index >= 15 is 0 Å². The first kappa shape index (κ1) is 19.2. The lowest BCUT2D eigenvalue weighted by atomic mass is 10.1. The number of piperazine rings is 1. The van der Waals surface area contributed by atoms with E-state index in [2.05, 4.69) is 10.6 Å². The molecule has 10 heteroatoms. The molecule has 1 aliphatic rings. The molecule has 0 unspecified atom stereocenters. The fraction of sp³-hybridized carbons (Fsp3) is 0.278. The first-order valence-corrected chi connectivity index (χ1v) is 8.67. The van der Waals surface area contributed by atoms with Crippen molar-refractivity contribution in [3.05, 3.63) is 67.8 Å². The van der Waals surface area contributed by atoms with Crippen LogP contribution in [0.3, 0.4) is 0 Å². The number of benzene rings is 2. The predicted molar refractivity (Wildman–Crippen MR) is 104 cm³/mol. The molecule has 1 heterocycles. The summed E-state index contributed by atoms with van der Waals surface area (Å²) in [5, 5.41) is 28.2. The van der Waals surface area contributed by atoms with Crippen molar-refractivity contribution in [2.24, 2.45) is 0 Å². The number of carbonyl (C=O) groups is 1. The van der Waals surface area contributed by atoms with Crippen molar-refractivity contribution < 1.29 is 14.6 Å². The van der Waals surface area contributed by atoms with Crippen LogP contribution in [-0.4, -0.2) is 41.9 Å². The summed E-state index contributed by atoms with van der Waals surface area (Å²) in [6, 6.07) is 8.51. The Labute approximate surface area is 160 Å². The van der Waals surface area contributed by atoms with Crippen LogP contribution in [0, 0.1) is 27.2 Å². The molecule has 0 aliphatic carbocycles. The molecule has 3 rings (SSSR count). The van der Waals surface area contributed by atoms with E-state index < -0.39 is 15.8 Å². The third-order valence-electron chi connectivity index (χ3n) is 4.58. The van der Waals surface area contributed by atoms with Crippen LogP contribution in [0.2, 0.25) is 0 Å². The van der Waals surface area contributed by atoms with E-state index in [1.165, 1.54) is 30.3 Å². The summed E-state index contributed by atoms with van der Waals surface area (Å²) in [7, 11) is 0. The van der Waals surface area contributed by atoms with Crippen LogP contribution in [0.25, 0.3) is 0 Å². The van der Waals surface area contributed by atoms with Crippen LogP contribution >= 0.6 is 0 Å². The number of aryl methyl sites for hydroxylation is 1. The molecule has 28 heavy (non-hydrogen) atoms. The van der Waals surface area contributed by atoms with Gasteiger partial charge in [-0.25, -0.2) is 0 Å². The second kappa shape index (κ2) is 8.01. The number of hydrogen-bond donors (Lipinski definition) is 2. The van der Waals surface area contributed by atoms with Gasteiger partial charge in [0.1, 0.15) is 5.56 Å². The van der Waals surface area contributed by atoms with Gasteiger partial charge in [0, 0.05) is 50.1 Å². The fourth-order valence-electron chi connectivity index (χ4n) is 3.03. The minimum absolute atomic E-state index is 0.0908. The van der Waals surface area contributed by atoms with Gasteiger partial charge in [-0.05, 0) is 24.6 Å². The van der Waals surface area contributed by atoms with Gasteiger partial charge in [0.2, 0.25) is 0 Å². The van der Waals surface area contributed by atoms with Crippen molar-refractivity contribution in [1.29, 1.82) is 0 Å². The van der Waals surface area contributed by atoms with E-state index in [0.717, 1.165) is 26.2 Å². The maximum absolute atomic E-state index is 12.8. The number of nitrogens with zero attached hydrogens (tertiary/aromatic N) is 3. The molecule has 0 saturated carbocycles. The van der Waals surface area contributed by atoms with E-state index in [1.807, 2.05) is 4.90 Å². The monoisotopic (exact) mass is 385 g/mol. The Morgan fingerprint density at radius 2 is 1.79 bits per heavy atom. The number of nitro groups is 2. The third-order valence-corrected chi connectivity index (χ3v) is 4.58. The molecule has 0 aromatic heterocycles. The van der Waals surface area contributed by atoms with Gasteiger partial charge in [-0.2, -0.15) is 0 Å². The number of nitrogens with one attached hydrogen (secondary N) is 2. The summed E-state index contributed by atoms with van der Waals surface area (Å²) in [5.74, 6) is -0.688. The van der Waals surface area contributed by atoms with Crippen LogP contribution in [0.5, 0.6) is 0 Å². The standard InChI is InChI=1S/C18H19N5O5/c1-12-2-3-14(22(25)26)11-16(12)20-18(24)15-10-13(4-5-17(15)23(27)28)21-8-6-19-7-9-21/h2-5,10-11,19H,6-9H2,1H3,(H,20,24). The highest BCUT2D eigenvalue weighted by atomic mass is 16.6. The summed E-state index contributed by atoms with van der Waals surface area (Å²) in [5.41, 5.74) is 0.977. The normalized spacial score (nSPS) is 13.8. The number of amides is 1. The maximum Gasteiger partial charge on any atom is 0.282 e. The summed E-state index contributed by atoms with van der Waals surface area (Å²) < 4.78 is 0. The average Bonchev–Trinajstić information content (AvgIpc) is 2.69. The molecule has 0 spiro atoms. The van der Waals surface area contributed by atoms with Gasteiger partial charge in [0.15, 0.2) is 0 Å². The quantitative estimate of drug-likeness (QED) is 0.597. The lowest BCUT2D eigenvalue weighted by Crippen LogP contribution is -2.43. The Balaban J connectivity index is 1.94. The number of rotatable bonds is 5. The Hall–Kier alpha value is -3.53. The van der Waals surface area contributed by atoms with Crippen molar-refractivity contribution in [2.75, 3.05) is 36.4 Å². The second-order valence-electron chi connectivity index (χ2n) is 6.41. The van der Waals surface area contributed by atoms with Gasteiger partial charge in [0.25, 0.3) is 17.3 Å². The summed E-state index contributed by atoms with van der Waals surface area (Å²) in [6.07, 6.45) is 0. The van der Waals surface area contributed by atoms with Crippen molar-refractivity contribution in [2.45, 2.75) is 6.92 Å². The Kier molecular flexibility index (Phi) is 5.50. The number of nitro benzene ring substituents is 2. The first-order valence-electron chi connectivity index (χ1n) is 8.67. The van der Waals surface area contributed by atoms with E-state index in [1.54, 1.807) is 13.0 Å². The number of anilines is 2. The highest BCUT2D eigenvalue weighted by molar-refractivity contribution is 6.08. The molecule has 1 aliphatic heterocycles. The van der Waals surface area contributed by atoms with Gasteiger partial charge < -0.3 is 15.5 Å². The molecule has 10 nitrogen and oxygen atoms in total. The average molecular weight is 385 g/mol. The summed E-state index contributed by atoms with van der Waals surface area (Å²) in [6.45, 7) is 4.70. The molecule has 2 aromatic rings. The van der Waals surface area contributed by atoms with Gasteiger partial charge >= 0.3 is 0 Å². The first-order chi connectivity index (χ1) is 13.4. The SMILES string of the molecule is Cc1ccc([N+](=O)[O-])cc1NC(=O)c1cc(N2CCNCC2)ccc1[N+](=O)[O-]. The van der Waals surface area contributed by atoms with Crippen LogP contribution in [0.15, 0.2) is 36.4 Å². The lowest BCUT2D eigenvalue weighted by Gasteiger charge is -2.29. The van der Waals surface area contributed by atoms with Gasteiger partial charge in [-0.15, -0.1) is 0 Å². The minimum atomic E-state index is -0.688. The molecular formula is C18H19N5O5. The highest BCUT2D eigenvalue weighted by Crippen LogP contribution is 2.28. The molecule has 2 aromatic carbocycles. The molecule has 1 saturated heterocycles. The molecule has 0 atom stereocenters. The molecule has 146 valence electrons. The summed E-state index contributed by atoms with van der Waals surface area (Å²) >= 11 is 0. The van der Waals surface area contributed by atoms with Crippen molar-refractivity contribution in [3.63, 3.8) is 0 Å². The van der Waals surface area contributed by atoms with Gasteiger partial charge in [-0.3, -0.25) is 25.0 Å². The number of non-ortho nitro benzene ring substituents is 1. The fourth-order valence-corrected chi connectivity index (χ4v) is 3.03. The van der Waals surface area contributed by atoms with Crippen LogP contribution in [-0.2, 0) is 0 Å². The highest BCUT2D eigenvalue weighted by Gasteiger charge is 2.23. The predicted octanol–water partition coefficient (Wildman–Crippen LogP) is 2.47. The Bertz CT molecular complexity index is 940.